The van der Waals surface area contributed by atoms with E-state index in [0.29, 0.717) is 37.7 Å². The van der Waals surface area contributed by atoms with Crippen molar-refractivity contribution in [3.8, 4) is 6.01 Å². The van der Waals surface area contributed by atoms with Crippen molar-refractivity contribution >= 4 is 17.6 Å². The van der Waals surface area contributed by atoms with Crippen LogP contribution in [0.2, 0.25) is 0 Å². The summed E-state index contributed by atoms with van der Waals surface area (Å²) in [6.07, 6.45) is 7.95. The van der Waals surface area contributed by atoms with E-state index in [1.54, 1.807) is 4.90 Å². The highest BCUT2D eigenvalue weighted by atomic mass is 16.5. The zero-order valence-corrected chi connectivity index (χ0v) is 23.9. The van der Waals surface area contributed by atoms with Gasteiger partial charge in [-0.1, -0.05) is 19.1 Å². The Kier molecular flexibility index (Phi) is 6.72. The maximum Gasteiger partial charge on any atom is 0.407 e. The first-order valence-electron chi connectivity index (χ1n) is 15.3. The zero-order chi connectivity index (χ0) is 27.4. The molecule has 3 saturated heterocycles. The van der Waals surface area contributed by atoms with E-state index in [2.05, 4.69) is 46.9 Å². The fraction of sp³-hybridized carbons (Fsp3) is 0.645. The Labute approximate surface area is 237 Å². The minimum Gasteiger partial charge on any atom is -0.465 e. The number of fused-ring (bicyclic) bond motifs is 4. The summed E-state index contributed by atoms with van der Waals surface area (Å²) in [7, 11) is 2.16. The van der Waals surface area contributed by atoms with E-state index in [0.717, 1.165) is 56.8 Å². The normalized spacial score (nSPS) is 28.0. The minimum absolute atomic E-state index is 0.0239. The standard InChI is InChI=1S/C31H42N6O3/c1-20-6-3-7-21-8-4-10-27(28(20)21)35-15-13-25-26(18-35)32-30(40-19-24-9-5-14-34(24)2)33-29(25)36-16-22-11-12-23(17-36)37(22)31(38)39/h4,8,10,20,22-24H,3,5-7,9,11-19H2,1-2H3,(H,38,39)/t20?,22-,23+,24?. The third-order valence-electron chi connectivity index (χ3n) is 10.2. The summed E-state index contributed by atoms with van der Waals surface area (Å²) in [5.41, 5.74) is 6.65. The summed E-state index contributed by atoms with van der Waals surface area (Å²) in [4.78, 5) is 30.9. The molecule has 7 rings (SSSR count). The molecule has 1 aromatic heterocycles. The number of anilines is 2. The summed E-state index contributed by atoms with van der Waals surface area (Å²) >= 11 is 0. The van der Waals surface area contributed by atoms with Crippen LogP contribution in [0.25, 0.3) is 0 Å². The number of amides is 1. The number of ether oxygens (including phenoxy) is 1. The van der Waals surface area contributed by atoms with E-state index < -0.39 is 6.09 Å². The predicted molar refractivity (Wildman–Crippen MR) is 155 cm³/mol. The van der Waals surface area contributed by atoms with Crippen LogP contribution >= 0.6 is 0 Å². The van der Waals surface area contributed by atoms with Gasteiger partial charge in [-0.05, 0) is 88.1 Å². The number of hydrogen-bond donors (Lipinski definition) is 1. The van der Waals surface area contributed by atoms with Gasteiger partial charge in [0.1, 0.15) is 12.4 Å². The Morgan fingerprint density at radius 3 is 2.60 bits per heavy atom. The lowest BCUT2D eigenvalue weighted by Gasteiger charge is -2.42. The molecule has 2 aromatic rings. The molecule has 5 heterocycles. The maximum absolute atomic E-state index is 11.9. The molecular weight excluding hydrogens is 504 g/mol. The van der Waals surface area contributed by atoms with Crippen LogP contribution in [0.1, 0.15) is 73.8 Å². The third-order valence-corrected chi connectivity index (χ3v) is 10.2. The van der Waals surface area contributed by atoms with Crippen LogP contribution in [0.5, 0.6) is 6.01 Å². The number of hydrogen-bond acceptors (Lipinski definition) is 7. The summed E-state index contributed by atoms with van der Waals surface area (Å²) in [6, 6.07) is 7.73. The van der Waals surface area contributed by atoms with E-state index in [-0.39, 0.29) is 12.1 Å². The number of aromatic nitrogens is 2. The first kappa shape index (κ1) is 25.9. The summed E-state index contributed by atoms with van der Waals surface area (Å²) in [5, 5.41) is 9.80. The number of nitrogens with zero attached hydrogens (tertiary/aromatic N) is 6. The lowest BCUT2D eigenvalue weighted by molar-refractivity contribution is 0.114. The van der Waals surface area contributed by atoms with Crippen LogP contribution in [-0.4, -0.2) is 88.9 Å². The molecule has 9 heteroatoms. The second-order valence-electron chi connectivity index (χ2n) is 12.6. The summed E-state index contributed by atoms with van der Waals surface area (Å²) in [5.74, 6) is 1.54. The molecule has 0 radical (unpaired) electrons. The van der Waals surface area contributed by atoms with Crippen LogP contribution in [0.15, 0.2) is 18.2 Å². The molecule has 4 atom stereocenters. The molecule has 5 aliphatic rings. The van der Waals surface area contributed by atoms with Gasteiger partial charge in [-0.2, -0.15) is 9.97 Å². The lowest BCUT2D eigenvalue weighted by atomic mass is 9.82. The molecule has 40 heavy (non-hydrogen) atoms. The third kappa shape index (κ3) is 4.56. The van der Waals surface area contributed by atoms with Gasteiger partial charge in [-0.15, -0.1) is 0 Å². The highest BCUT2D eigenvalue weighted by Gasteiger charge is 2.44. The molecule has 0 spiro atoms. The second-order valence-corrected chi connectivity index (χ2v) is 12.6. The number of aryl methyl sites for hydroxylation is 1. The van der Waals surface area contributed by atoms with Gasteiger partial charge in [-0.3, -0.25) is 4.90 Å². The number of rotatable bonds is 5. The van der Waals surface area contributed by atoms with Crippen LogP contribution in [0.3, 0.4) is 0 Å². The largest absolute Gasteiger partial charge is 0.465 e. The highest BCUT2D eigenvalue weighted by Crippen LogP contribution is 2.41. The van der Waals surface area contributed by atoms with E-state index in [1.165, 1.54) is 48.1 Å². The zero-order valence-electron chi connectivity index (χ0n) is 23.9. The Hall–Kier alpha value is -3.07. The molecule has 0 saturated carbocycles. The van der Waals surface area contributed by atoms with Crippen molar-refractivity contribution in [3.63, 3.8) is 0 Å². The first-order valence-corrected chi connectivity index (χ1v) is 15.3. The molecule has 9 nitrogen and oxygen atoms in total. The molecule has 1 amide bonds. The molecule has 3 fully saturated rings. The maximum atomic E-state index is 11.9. The van der Waals surface area contributed by atoms with Crippen molar-refractivity contribution in [1.29, 1.82) is 0 Å². The number of piperazine rings is 1. The number of likely N-dealkylation sites (N-methyl/N-ethyl adjacent to an activating group) is 1. The van der Waals surface area contributed by atoms with Crippen molar-refractivity contribution in [2.24, 2.45) is 0 Å². The highest BCUT2D eigenvalue weighted by molar-refractivity contribution is 5.68. The van der Waals surface area contributed by atoms with Crippen molar-refractivity contribution in [3.05, 3.63) is 40.6 Å². The summed E-state index contributed by atoms with van der Waals surface area (Å²) < 4.78 is 6.32. The topological polar surface area (TPSA) is 85.3 Å². The molecule has 2 unspecified atom stereocenters. The first-order chi connectivity index (χ1) is 19.5. The van der Waals surface area contributed by atoms with E-state index in [1.807, 2.05) is 0 Å². The molecular formula is C31H42N6O3. The van der Waals surface area contributed by atoms with E-state index in [9.17, 15) is 9.90 Å². The second kappa shape index (κ2) is 10.4. The molecule has 1 aromatic carbocycles. The van der Waals surface area contributed by atoms with Crippen molar-refractivity contribution < 1.29 is 14.6 Å². The van der Waals surface area contributed by atoms with Crippen LogP contribution in [0.4, 0.5) is 16.3 Å². The molecule has 4 aliphatic heterocycles. The lowest BCUT2D eigenvalue weighted by Crippen LogP contribution is -2.56. The van der Waals surface area contributed by atoms with Gasteiger partial charge in [0.2, 0.25) is 0 Å². The molecule has 214 valence electrons. The van der Waals surface area contributed by atoms with Crippen LogP contribution in [0, 0.1) is 0 Å². The minimum atomic E-state index is -0.794. The Balaban J connectivity index is 1.21. The SMILES string of the molecule is CC1CCCc2cccc(N3CCc4c(nc(OCC5CCCN5C)nc4N4C[C@H]5CC[C@@H](C4)N5C(=O)O)C3)c21. The van der Waals surface area contributed by atoms with Gasteiger partial charge in [0, 0.05) is 36.9 Å². The quantitative estimate of drug-likeness (QED) is 0.595. The molecule has 1 aliphatic carbocycles. The van der Waals surface area contributed by atoms with Gasteiger partial charge < -0.3 is 24.5 Å². The van der Waals surface area contributed by atoms with Gasteiger partial charge in [0.15, 0.2) is 0 Å². The molecule has 1 N–H and O–H groups in total. The fourth-order valence-electron chi connectivity index (χ4n) is 8.07. The van der Waals surface area contributed by atoms with Gasteiger partial charge in [0.05, 0.1) is 24.3 Å². The number of carboxylic acid groups (broad SMARTS) is 1. The molecule has 2 bridgehead atoms. The van der Waals surface area contributed by atoms with Crippen LogP contribution < -0.4 is 14.5 Å². The predicted octanol–water partition coefficient (Wildman–Crippen LogP) is 4.28. The van der Waals surface area contributed by atoms with Gasteiger partial charge in [-0.25, -0.2) is 4.79 Å². The van der Waals surface area contributed by atoms with E-state index in [4.69, 9.17) is 14.7 Å². The monoisotopic (exact) mass is 546 g/mol. The van der Waals surface area contributed by atoms with E-state index >= 15 is 0 Å². The van der Waals surface area contributed by atoms with Crippen molar-refractivity contribution in [2.45, 2.75) is 88.9 Å². The van der Waals surface area contributed by atoms with Gasteiger partial charge >= 0.3 is 12.1 Å². The fourth-order valence-corrected chi connectivity index (χ4v) is 8.07. The van der Waals surface area contributed by atoms with Crippen LogP contribution in [-0.2, 0) is 19.4 Å². The smallest absolute Gasteiger partial charge is 0.407 e. The Morgan fingerprint density at radius 1 is 1.02 bits per heavy atom. The number of likely N-dealkylation sites (tertiary alicyclic amines) is 1. The summed E-state index contributed by atoms with van der Waals surface area (Å²) in [6.45, 7) is 7.12. The average molecular weight is 547 g/mol. The number of carbonyl (C=O) groups is 1. The van der Waals surface area contributed by atoms with Crippen molar-refractivity contribution in [1.82, 2.24) is 19.8 Å². The average Bonchev–Trinajstić information content (AvgIpc) is 3.49. The number of benzene rings is 1. The Morgan fingerprint density at radius 2 is 1.85 bits per heavy atom. The Bertz CT molecular complexity index is 1270. The van der Waals surface area contributed by atoms with Gasteiger partial charge in [0.25, 0.3) is 0 Å². The van der Waals surface area contributed by atoms with Crippen molar-refractivity contribution in [2.75, 3.05) is 49.6 Å².